The van der Waals surface area contributed by atoms with Crippen LogP contribution >= 0.6 is 0 Å². The van der Waals surface area contributed by atoms with Gasteiger partial charge in [0, 0.05) is 20.6 Å². The molecule has 0 unspecified atom stereocenters. The molecule has 2 rings (SSSR count). The van der Waals surface area contributed by atoms with Crippen LogP contribution in [0.15, 0.2) is 12.7 Å². The first-order chi connectivity index (χ1) is 15.3. The van der Waals surface area contributed by atoms with E-state index < -0.39 is 24.1 Å². The van der Waals surface area contributed by atoms with Crippen molar-refractivity contribution in [3.05, 3.63) is 12.7 Å². The number of nitrogens with two attached hydrogens (primary N) is 1. The smallest absolute Gasteiger partial charge is 0.407 e. The maximum absolute atomic E-state index is 11.8. The lowest BCUT2D eigenvalue weighted by Gasteiger charge is -2.14. The van der Waals surface area contributed by atoms with Crippen LogP contribution in [0.4, 0.5) is 15.4 Å². The SMILES string of the molecule is CN(C)c1ncnc2c1[nH]c[n+]2CCCCCOC(=O)N[C@H](CCCNC(N)=O)C(=O)O. The highest BCUT2D eigenvalue weighted by molar-refractivity contribution is 5.80. The van der Waals surface area contributed by atoms with E-state index in [1.807, 2.05) is 29.9 Å². The summed E-state index contributed by atoms with van der Waals surface area (Å²) in [6, 6.07) is -1.77. The molecule has 3 amide bonds. The van der Waals surface area contributed by atoms with Gasteiger partial charge < -0.3 is 31.1 Å². The molecule has 13 nitrogen and oxygen atoms in total. The number of hydrogen-bond acceptors (Lipinski definition) is 7. The van der Waals surface area contributed by atoms with Gasteiger partial charge in [-0.15, -0.1) is 0 Å². The number of alkyl carbamates (subject to hydrolysis) is 1. The van der Waals surface area contributed by atoms with Gasteiger partial charge >= 0.3 is 23.7 Å². The standard InChI is InChI=1S/C19H30N8O5/c1-26(2)15-14-16(23-11-22-15)27(12-24-14)9-4-3-5-10-32-19(31)25-13(17(28)29)7-6-8-21-18(20)30/h11-13H,3-10H2,1-2H3,(H5,20,21,25,28,29,30,31)/p+1/t13-/m1/s1. The van der Waals surface area contributed by atoms with Gasteiger partial charge in [-0.25, -0.2) is 19.0 Å². The second-order valence-corrected chi connectivity index (χ2v) is 7.42. The maximum atomic E-state index is 11.8. The zero-order valence-electron chi connectivity index (χ0n) is 18.3. The molecule has 2 aromatic rings. The van der Waals surface area contributed by atoms with Crippen LogP contribution < -0.4 is 25.8 Å². The van der Waals surface area contributed by atoms with Gasteiger partial charge in [0.25, 0.3) is 0 Å². The van der Waals surface area contributed by atoms with E-state index in [1.165, 1.54) is 6.33 Å². The van der Waals surface area contributed by atoms with Gasteiger partial charge in [0.15, 0.2) is 18.5 Å². The molecule has 2 aromatic heterocycles. The van der Waals surface area contributed by atoms with Crippen LogP contribution in [-0.4, -0.2) is 71.4 Å². The van der Waals surface area contributed by atoms with E-state index in [1.54, 1.807) is 0 Å². The summed E-state index contributed by atoms with van der Waals surface area (Å²) in [6.07, 6.45) is 5.44. The van der Waals surface area contributed by atoms with Crippen LogP contribution in [0.1, 0.15) is 32.1 Å². The third-order valence-corrected chi connectivity index (χ3v) is 4.70. The van der Waals surface area contributed by atoms with Crippen LogP contribution in [0, 0.1) is 0 Å². The third-order valence-electron chi connectivity index (χ3n) is 4.70. The number of carboxylic acids is 1. The van der Waals surface area contributed by atoms with Gasteiger partial charge in [-0.05, 0) is 32.1 Å². The summed E-state index contributed by atoms with van der Waals surface area (Å²) in [5, 5.41) is 13.9. The Kier molecular flexibility index (Phi) is 9.44. The number of aliphatic carboxylic acids is 1. The summed E-state index contributed by atoms with van der Waals surface area (Å²) in [7, 11) is 3.84. The average Bonchev–Trinajstić information content (AvgIpc) is 3.15. The highest BCUT2D eigenvalue weighted by atomic mass is 16.5. The lowest BCUT2D eigenvalue weighted by Crippen LogP contribution is -2.41. The number of ether oxygens (including phenoxy) is 1. The van der Waals surface area contributed by atoms with Crippen molar-refractivity contribution < 1.29 is 28.8 Å². The number of H-pyrrole nitrogens is 1. The van der Waals surface area contributed by atoms with Gasteiger partial charge in [-0.3, -0.25) is 4.98 Å². The van der Waals surface area contributed by atoms with Crippen molar-refractivity contribution in [3.63, 3.8) is 0 Å². The highest BCUT2D eigenvalue weighted by Gasteiger charge is 2.20. The topological polar surface area (TPSA) is 179 Å². The van der Waals surface area contributed by atoms with Crippen molar-refractivity contribution in [2.75, 3.05) is 32.1 Å². The normalized spacial score (nSPS) is 11.7. The largest absolute Gasteiger partial charge is 0.480 e. The molecule has 0 radical (unpaired) electrons. The van der Waals surface area contributed by atoms with E-state index in [-0.39, 0.29) is 19.6 Å². The molecule has 13 heteroatoms. The molecule has 0 spiro atoms. The number of amides is 3. The number of nitrogens with zero attached hydrogens (tertiary/aromatic N) is 4. The van der Waals surface area contributed by atoms with E-state index in [0.29, 0.717) is 12.8 Å². The molecular weight excluding hydrogens is 420 g/mol. The number of nitrogens with one attached hydrogen (secondary N) is 3. The Hall–Kier alpha value is -3.64. The minimum Gasteiger partial charge on any atom is -0.480 e. The fraction of sp³-hybridized carbons (Fsp3) is 0.579. The second-order valence-electron chi connectivity index (χ2n) is 7.42. The number of hydrogen-bond donors (Lipinski definition) is 5. The monoisotopic (exact) mass is 451 g/mol. The van der Waals surface area contributed by atoms with Gasteiger partial charge in [-0.2, -0.15) is 4.98 Å². The number of rotatable bonds is 13. The molecule has 32 heavy (non-hydrogen) atoms. The Morgan fingerprint density at radius 1 is 1.25 bits per heavy atom. The first-order valence-corrected chi connectivity index (χ1v) is 10.4. The van der Waals surface area contributed by atoms with Crippen LogP contribution in [0.2, 0.25) is 0 Å². The number of unbranched alkanes of at least 4 members (excludes halogenated alkanes) is 2. The van der Waals surface area contributed by atoms with Crippen LogP contribution in [-0.2, 0) is 16.1 Å². The minimum absolute atomic E-state index is 0.144. The molecule has 6 N–H and O–H groups in total. The van der Waals surface area contributed by atoms with Crippen molar-refractivity contribution in [1.82, 2.24) is 25.6 Å². The van der Waals surface area contributed by atoms with Crippen molar-refractivity contribution in [1.29, 1.82) is 0 Å². The number of aromatic nitrogens is 4. The van der Waals surface area contributed by atoms with Crippen molar-refractivity contribution >= 4 is 35.1 Å². The van der Waals surface area contributed by atoms with Crippen molar-refractivity contribution in [3.8, 4) is 0 Å². The van der Waals surface area contributed by atoms with Gasteiger partial charge in [-0.1, -0.05) is 4.98 Å². The van der Waals surface area contributed by atoms with Crippen LogP contribution in [0.25, 0.3) is 11.2 Å². The number of carboxylic acid groups (broad SMARTS) is 1. The fourth-order valence-electron chi connectivity index (χ4n) is 3.11. The number of carbonyl (C=O) groups is 3. The van der Waals surface area contributed by atoms with E-state index in [9.17, 15) is 19.5 Å². The molecule has 0 aliphatic heterocycles. The molecule has 0 aliphatic carbocycles. The Morgan fingerprint density at radius 3 is 2.72 bits per heavy atom. The minimum atomic E-state index is -1.17. The second kappa shape index (κ2) is 12.3. The first kappa shape index (κ1) is 24.6. The number of aromatic amines is 1. The number of urea groups is 1. The van der Waals surface area contributed by atoms with Gasteiger partial charge in [0.2, 0.25) is 5.52 Å². The van der Waals surface area contributed by atoms with Gasteiger partial charge in [0.1, 0.15) is 6.04 Å². The predicted molar refractivity (Wildman–Crippen MR) is 115 cm³/mol. The van der Waals surface area contributed by atoms with E-state index in [0.717, 1.165) is 36.4 Å². The average molecular weight is 452 g/mol. The summed E-state index contributed by atoms with van der Waals surface area (Å²) < 4.78 is 7.09. The molecule has 0 aliphatic rings. The summed E-state index contributed by atoms with van der Waals surface area (Å²) in [6.45, 7) is 1.16. The van der Waals surface area contributed by atoms with Crippen molar-refractivity contribution in [2.24, 2.45) is 5.73 Å². The lowest BCUT2D eigenvalue weighted by molar-refractivity contribution is -0.673. The van der Waals surface area contributed by atoms with E-state index in [4.69, 9.17) is 10.5 Å². The molecule has 1 atom stereocenters. The number of fused-ring (bicyclic) bond motifs is 1. The number of anilines is 1. The molecule has 2 heterocycles. The fourth-order valence-corrected chi connectivity index (χ4v) is 3.11. The Labute approximate surface area is 185 Å². The quantitative estimate of drug-likeness (QED) is 0.210. The summed E-state index contributed by atoms with van der Waals surface area (Å²) >= 11 is 0. The summed E-state index contributed by atoms with van der Waals surface area (Å²) in [5.41, 5.74) is 6.64. The predicted octanol–water partition coefficient (Wildman–Crippen LogP) is 0.110. The van der Waals surface area contributed by atoms with Crippen molar-refractivity contribution in [2.45, 2.75) is 44.7 Å². The highest BCUT2D eigenvalue weighted by Crippen LogP contribution is 2.16. The number of carbonyl (C=O) groups excluding carboxylic acids is 2. The number of aryl methyl sites for hydroxylation is 1. The third kappa shape index (κ3) is 7.56. The molecular formula is C19H31N8O5+. The molecule has 0 aromatic carbocycles. The molecule has 0 bridgehead atoms. The first-order valence-electron chi connectivity index (χ1n) is 10.4. The van der Waals surface area contributed by atoms with Gasteiger partial charge in [0.05, 0.1) is 13.2 Å². The van der Waals surface area contributed by atoms with Crippen LogP contribution in [0.3, 0.4) is 0 Å². The Morgan fingerprint density at radius 2 is 2.03 bits per heavy atom. The molecule has 176 valence electrons. The number of imidazole rings is 1. The number of primary amides is 1. The molecule has 0 fully saturated rings. The lowest BCUT2D eigenvalue weighted by atomic mass is 10.1. The van der Waals surface area contributed by atoms with E-state index in [2.05, 4.69) is 25.6 Å². The molecule has 0 saturated heterocycles. The zero-order chi connectivity index (χ0) is 23.5. The van der Waals surface area contributed by atoms with E-state index >= 15 is 0 Å². The Bertz CT molecular complexity index is 916. The Balaban J connectivity index is 1.66. The summed E-state index contributed by atoms with van der Waals surface area (Å²) in [4.78, 5) is 47.4. The van der Waals surface area contributed by atoms with Crippen LogP contribution in [0.5, 0.6) is 0 Å². The zero-order valence-corrected chi connectivity index (χ0v) is 18.3. The maximum Gasteiger partial charge on any atom is 0.407 e. The summed E-state index contributed by atoms with van der Waals surface area (Å²) in [5.74, 6) is -0.352. The molecule has 0 saturated carbocycles.